The highest BCUT2D eigenvalue weighted by Crippen LogP contribution is 2.51. The molecule has 0 fully saturated rings. The minimum atomic E-state index is 0.286. The molecule has 110 valence electrons. The molecule has 22 heavy (non-hydrogen) atoms. The summed E-state index contributed by atoms with van der Waals surface area (Å²) in [5, 5.41) is 9.68. The van der Waals surface area contributed by atoms with Gasteiger partial charge in [-0.3, -0.25) is 0 Å². The first-order valence-corrected chi connectivity index (χ1v) is 8.38. The average molecular weight is 307 g/mol. The van der Waals surface area contributed by atoms with E-state index in [1.54, 1.807) is 11.8 Å². The predicted octanol–water partition coefficient (Wildman–Crippen LogP) is 4.72. The predicted molar refractivity (Wildman–Crippen MR) is 90.0 cm³/mol. The Kier molecular flexibility index (Phi) is 3.26. The summed E-state index contributed by atoms with van der Waals surface area (Å²) in [6.07, 6.45) is 1.82. The summed E-state index contributed by atoms with van der Waals surface area (Å²) in [5.41, 5.74) is 5.41. The zero-order valence-corrected chi connectivity index (χ0v) is 13.4. The van der Waals surface area contributed by atoms with Crippen LogP contribution in [0.25, 0.3) is 11.1 Å². The lowest BCUT2D eigenvalue weighted by Gasteiger charge is -2.15. The number of nitrogens with zero attached hydrogens (tertiary/aromatic N) is 3. The van der Waals surface area contributed by atoms with Gasteiger partial charge in [0.2, 0.25) is 0 Å². The van der Waals surface area contributed by atoms with Gasteiger partial charge in [-0.25, -0.2) is 0 Å². The molecule has 0 saturated heterocycles. The van der Waals surface area contributed by atoms with Crippen molar-refractivity contribution < 1.29 is 0 Å². The first-order chi connectivity index (χ1) is 10.8. The molecule has 0 aliphatic heterocycles. The molecule has 0 amide bonds. The molecule has 0 atom stereocenters. The highest BCUT2D eigenvalue weighted by atomic mass is 32.2. The van der Waals surface area contributed by atoms with E-state index in [0.717, 1.165) is 5.16 Å². The monoisotopic (exact) mass is 307 g/mol. The molecule has 0 spiro atoms. The van der Waals surface area contributed by atoms with Crippen LogP contribution in [0, 0.1) is 0 Å². The number of rotatable bonds is 3. The molecule has 3 aromatic rings. The molecule has 0 saturated carbocycles. The molecule has 1 aliphatic carbocycles. The fraction of sp³-hybridized carbons (Fsp3) is 0.222. The molecule has 1 aliphatic rings. The zero-order valence-electron chi connectivity index (χ0n) is 12.6. The Morgan fingerprint density at radius 3 is 2.14 bits per heavy atom. The number of aromatic nitrogens is 3. The van der Waals surface area contributed by atoms with E-state index in [0.29, 0.717) is 6.04 Å². The maximum atomic E-state index is 4.32. The number of benzene rings is 2. The number of hydrogen-bond donors (Lipinski definition) is 0. The van der Waals surface area contributed by atoms with Crippen molar-refractivity contribution in [2.75, 3.05) is 0 Å². The third-order valence-electron chi connectivity index (χ3n) is 4.10. The molecule has 0 N–H and O–H groups in total. The van der Waals surface area contributed by atoms with Gasteiger partial charge in [0.25, 0.3) is 0 Å². The summed E-state index contributed by atoms with van der Waals surface area (Å²) in [6, 6.07) is 17.7. The van der Waals surface area contributed by atoms with E-state index in [1.807, 2.05) is 6.33 Å². The van der Waals surface area contributed by atoms with Crippen LogP contribution in [0.2, 0.25) is 0 Å². The van der Waals surface area contributed by atoms with Gasteiger partial charge in [0.15, 0.2) is 5.16 Å². The molecule has 0 radical (unpaired) electrons. The lowest BCUT2D eigenvalue weighted by atomic mass is 10.1. The second kappa shape index (κ2) is 5.29. The van der Waals surface area contributed by atoms with Crippen molar-refractivity contribution in [3.05, 3.63) is 66.0 Å². The zero-order chi connectivity index (χ0) is 15.1. The van der Waals surface area contributed by atoms with Crippen LogP contribution in [0.15, 0.2) is 60.0 Å². The molecule has 2 aromatic carbocycles. The van der Waals surface area contributed by atoms with Crippen LogP contribution in [0.3, 0.4) is 0 Å². The van der Waals surface area contributed by atoms with Gasteiger partial charge in [0.05, 0.1) is 5.25 Å². The van der Waals surface area contributed by atoms with Gasteiger partial charge in [-0.2, -0.15) is 0 Å². The fourth-order valence-electron chi connectivity index (χ4n) is 3.01. The Morgan fingerprint density at radius 2 is 1.55 bits per heavy atom. The third-order valence-corrected chi connectivity index (χ3v) is 5.34. The SMILES string of the molecule is CC(C)n1cnnc1SC1c2ccccc2-c2ccccc21. The molecule has 4 rings (SSSR count). The van der Waals surface area contributed by atoms with Crippen LogP contribution in [0.5, 0.6) is 0 Å². The highest BCUT2D eigenvalue weighted by Gasteiger charge is 2.30. The Bertz CT molecular complexity index is 777. The van der Waals surface area contributed by atoms with Crippen LogP contribution in [-0.2, 0) is 0 Å². The van der Waals surface area contributed by atoms with E-state index >= 15 is 0 Å². The van der Waals surface area contributed by atoms with Crippen molar-refractivity contribution >= 4 is 11.8 Å². The summed E-state index contributed by atoms with van der Waals surface area (Å²) < 4.78 is 2.13. The second-order valence-electron chi connectivity index (χ2n) is 5.79. The Hall–Kier alpha value is -2.07. The summed E-state index contributed by atoms with van der Waals surface area (Å²) in [4.78, 5) is 0. The Balaban J connectivity index is 1.80. The quantitative estimate of drug-likeness (QED) is 0.701. The van der Waals surface area contributed by atoms with Crippen molar-refractivity contribution in [2.24, 2.45) is 0 Å². The van der Waals surface area contributed by atoms with Gasteiger partial charge in [0, 0.05) is 6.04 Å². The normalized spacial score (nSPS) is 13.4. The van der Waals surface area contributed by atoms with E-state index in [2.05, 4.69) is 77.1 Å². The van der Waals surface area contributed by atoms with E-state index in [-0.39, 0.29) is 5.25 Å². The molecule has 1 aromatic heterocycles. The molecule has 3 nitrogen and oxygen atoms in total. The lowest BCUT2D eigenvalue weighted by Crippen LogP contribution is -2.02. The van der Waals surface area contributed by atoms with E-state index in [4.69, 9.17) is 0 Å². The minimum absolute atomic E-state index is 0.286. The second-order valence-corrected chi connectivity index (χ2v) is 6.86. The average Bonchev–Trinajstić information content (AvgIpc) is 3.12. The molecule has 0 bridgehead atoms. The first-order valence-electron chi connectivity index (χ1n) is 7.50. The first kappa shape index (κ1) is 13.6. The molecule has 0 unspecified atom stereocenters. The number of fused-ring (bicyclic) bond motifs is 3. The summed E-state index contributed by atoms with van der Waals surface area (Å²) in [6.45, 7) is 4.31. The van der Waals surface area contributed by atoms with Gasteiger partial charge < -0.3 is 4.57 Å². The van der Waals surface area contributed by atoms with Crippen molar-refractivity contribution in [1.29, 1.82) is 0 Å². The maximum absolute atomic E-state index is 4.32. The van der Waals surface area contributed by atoms with E-state index in [1.165, 1.54) is 22.3 Å². The molecular formula is C18H17N3S. The minimum Gasteiger partial charge on any atom is -0.306 e. The third kappa shape index (κ3) is 2.06. The van der Waals surface area contributed by atoms with Crippen molar-refractivity contribution in [3.63, 3.8) is 0 Å². The standard InChI is InChI=1S/C18H17N3S/c1-12(2)21-11-19-20-18(21)22-17-15-9-5-3-7-13(15)14-8-4-6-10-16(14)17/h3-12,17H,1-2H3. The molecular weight excluding hydrogens is 290 g/mol. The molecule has 4 heteroatoms. The van der Waals surface area contributed by atoms with Crippen molar-refractivity contribution in [3.8, 4) is 11.1 Å². The van der Waals surface area contributed by atoms with Crippen LogP contribution < -0.4 is 0 Å². The summed E-state index contributed by atoms with van der Waals surface area (Å²) in [7, 11) is 0. The largest absolute Gasteiger partial charge is 0.306 e. The van der Waals surface area contributed by atoms with Crippen LogP contribution in [0.1, 0.15) is 36.3 Å². The topological polar surface area (TPSA) is 30.7 Å². The fourth-order valence-corrected chi connectivity index (χ4v) is 4.36. The van der Waals surface area contributed by atoms with Gasteiger partial charge in [-0.1, -0.05) is 60.3 Å². The van der Waals surface area contributed by atoms with Crippen molar-refractivity contribution in [1.82, 2.24) is 14.8 Å². The number of thioether (sulfide) groups is 1. The summed E-state index contributed by atoms with van der Waals surface area (Å²) in [5.74, 6) is 0. The Labute approximate surface area is 134 Å². The Morgan fingerprint density at radius 1 is 0.955 bits per heavy atom. The van der Waals surface area contributed by atoms with Crippen molar-refractivity contribution in [2.45, 2.75) is 30.3 Å². The van der Waals surface area contributed by atoms with Gasteiger partial charge in [-0.05, 0) is 36.1 Å². The summed E-state index contributed by atoms with van der Waals surface area (Å²) >= 11 is 1.79. The van der Waals surface area contributed by atoms with Crippen LogP contribution in [0.4, 0.5) is 0 Å². The van der Waals surface area contributed by atoms with Crippen LogP contribution >= 0.6 is 11.8 Å². The molecule has 1 heterocycles. The van der Waals surface area contributed by atoms with Gasteiger partial charge >= 0.3 is 0 Å². The van der Waals surface area contributed by atoms with Crippen LogP contribution in [-0.4, -0.2) is 14.8 Å². The highest BCUT2D eigenvalue weighted by molar-refractivity contribution is 7.99. The maximum Gasteiger partial charge on any atom is 0.192 e. The smallest absolute Gasteiger partial charge is 0.192 e. The lowest BCUT2D eigenvalue weighted by molar-refractivity contribution is 0.549. The van der Waals surface area contributed by atoms with E-state index in [9.17, 15) is 0 Å². The number of hydrogen-bond acceptors (Lipinski definition) is 3. The van der Waals surface area contributed by atoms with Gasteiger partial charge in [0.1, 0.15) is 6.33 Å². The van der Waals surface area contributed by atoms with E-state index < -0.39 is 0 Å². The van der Waals surface area contributed by atoms with Gasteiger partial charge in [-0.15, -0.1) is 10.2 Å².